The van der Waals surface area contributed by atoms with Crippen LogP contribution in [-0.4, -0.2) is 48.3 Å². The van der Waals surface area contributed by atoms with Crippen LogP contribution in [0.5, 0.6) is 0 Å². The van der Waals surface area contributed by atoms with Gasteiger partial charge in [0.25, 0.3) is 0 Å². The van der Waals surface area contributed by atoms with Gasteiger partial charge < -0.3 is 9.84 Å². The van der Waals surface area contributed by atoms with Gasteiger partial charge in [-0.2, -0.15) is 0 Å². The molecule has 0 aromatic rings. The lowest BCUT2D eigenvalue weighted by atomic mass is 10.0. The lowest BCUT2D eigenvalue weighted by molar-refractivity contribution is -0.159. The number of carboxylic acid groups (broad SMARTS) is 1. The molecule has 0 bridgehead atoms. The molecule has 0 aliphatic carbocycles. The van der Waals surface area contributed by atoms with Crippen LogP contribution < -0.4 is 0 Å². The van der Waals surface area contributed by atoms with E-state index in [4.69, 9.17) is 9.84 Å². The Bertz CT molecular complexity index is 171. The van der Waals surface area contributed by atoms with Crippen LogP contribution in [0, 0.1) is 0 Å². The third-order valence-corrected chi connectivity index (χ3v) is 2.26. The van der Waals surface area contributed by atoms with Crippen molar-refractivity contribution in [2.75, 3.05) is 26.8 Å². The fourth-order valence-corrected chi connectivity index (χ4v) is 1.05. The summed E-state index contributed by atoms with van der Waals surface area (Å²) in [6.45, 7) is 3.26. The second-order valence-electron chi connectivity index (χ2n) is 3.05. The highest BCUT2D eigenvalue weighted by Gasteiger charge is 2.39. The molecule has 4 nitrogen and oxygen atoms in total. The van der Waals surface area contributed by atoms with Gasteiger partial charge in [0.2, 0.25) is 0 Å². The van der Waals surface area contributed by atoms with E-state index < -0.39 is 11.5 Å². The molecule has 1 fully saturated rings. The number of carboxylic acids is 1. The van der Waals surface area contributed by atoms with Gasteiger partial charge in [-0.15, -0.1) is 0 Å². The molecule has 0 unspecified atom stereocenters. The molecule has 0 spiro atoms. The predicted molar refractivity (Wildman–Crippen MR) is 39.5 cm³/mol. The number of aliphatic carboxylic acids is 1. The average Bonchev–Trinajstić information content (AvgIpc) is 1.95. The summed E-state index contributed by atoms with van der Waals surface area (Å²) in [5.41, 5.74) is -0.835. The molecule has 0 radical (unpaired) electrons. The van der Waals surface area contributed by atoms with Gasteiger partial charge in [0.15, 0.2) is 0 Å². The summed E-state index contributed by atoms with van der Waals surface area (Å²) in [5.74, 6) is -0.820. The molecule has 1 N–H and O–H groups in total. The summed E-state index contributed by atoms with van der Waals surface area (Å²) in [4.78, 5) is 12.6. The average molecular weight is 159 g/mol. The third-order valence-electron chi connectivity index (χ3n) is 2.26. The first-order valence-corrected chi connectivity index (χ1v) is 3.60. The van der Waals surface area contributed by atoms with Crippen LogP contribution in [0.1, 0.15) is 6.92 Å². The summed E-state index contributed by atoms with van der Waals surface area (Å²) in [6, 6.07) is 0. The summed E-state index contributed by atoms with van der Waals surface area (Å²) < 4.78 is 5.09. The van der Waals surface area contributed by atoms with E-state index in [2.05, 4.69) is 0 Å². The van der Waals surface area contributed by atoms with E-state index >= 15 is 0 Å². The molecule has 1 aliphatic heterocycles. The van der Waals surface area contributed by atoms with Crippen LogP contribution in [0.3, 0.4) is 0 Å². The zero-order valence-electron chi connectivity index (χ0n) is 6.83. The summed E-state index contributed by atoms with van der Waals surface area (Å²) in [6.07, 6.45) is 0. The van der Waals surface area contributed by atoms with Crippen molar-refractivity contribution in [2.24, 2.45) is 0 Å². The molecule has 0 amide bonds. The Kier molecular flexibility index (Phi) is 2.15. The number of carbonyl (C=O) groups is 1. The molecule has 1 atom stereocenters. The van der Waals surface area contributed by atoms with Crippen molar-refractivity contribution >= 4 is 5.97 Å². The van der Waals surface area contributed by atoms with E-state index in [0.717, 1.165) is 0 Å². The third kappa shape index (κ3) is 1.36. The number of ether oxygens (including phenoxy) is 1. The van der Waals surface area contributed by atoms with Gasteiger partial charge in [0, 0.05) is 6.54 Å². The van der Waals surface area contributed by atoms with E-state index in [1.54, 1.807) is 18.9 Å². The highest BCUT2D eigenvalue weighted by molar-refractivity contribution is 5.78. The first-order valence-electron chi connectivity index (χ1n) is 3.60. The molecular formula is C7H13NO3. The maximum atomic E-state index is 10.8. The molecule has 11 heavy (non-hydrogen) atoms. The smallest absolute Gasteiger partial charge is 0.326 e. The number of morpholine rings is 1. The first kappa shape index (κ1) is 8.49. The number of rotatable bonds is 1. The minimum absolute atomic E-state index is 0.277. The predicted octanol–water partition coefficient (Wildman–Crippen LogP) is -0.208. The Morgan fingerprint density at radius 3 is 2.73 bits per heavy atom. The molecule has 1 rings (SSSR count). The maximum Gasteiger partial charge on any atom is 0.326 e. The normalized spacial score (nSPS) is 33.6. The number of hydrogen-bond donors (Lipinski definition) is 1. The second-order valence-corrected chi connectivity index (χ2v) is 3.05. The minimum atomic E-state index is -0.835. The van der Waals surface area contributed by atoms with Crippen LogP contribution in [0.2, 0.25) is 0 Å². The Hall–Kier alpha value is -0.610. The molecule has 0 aromatic heterocycles. The maximum absolute atomic E-state index is 10.8. The van der Waals surface area contributed by atoms with Crippen LogP contribution in [0.15, 0.2) is 0 Å². The zero-order chi connectivity index (χ0) is 8.48. The fraction of sp³-hybridized carbons (Fsp3) is 0.857. The lowest BCUT2D eigenvalue weighted by Gasteiger charge is -2.38. The van der Waals surface area contributed by atoms with Crippen molar-refractivity contribution in [3.8, 4) is 0 Å². The fourth-order valence-electron chi connectivity index (χ4n) is 1.05. The quantitative estimate of drug-likeness (QED) is 0.575. The van der Waals surface area contributed by atoms with Crippen LogP contribution in [0.4, 0.5) is 0 Å². The molecule has 0 aromatic carbocycles. The molecule has 1 aliphatic rings. The van der Waals surface area contributed by atoms with E-state index in [9.17, 15) is 4.79 Å². The Balaban J connectivity index is 2.72. The highest BCUT2D eigenvalue weighted by Crippen LogP contribution is 2.17. The van der Waals surface area contributed by atoms with E-state index in [1.807, 2.05) is 0 Å². The van der Waals surface area contributed by atoms with Gasteiger partial charge in [0.05, 0.1) is 13.2 Å². The van der Waals surface area contributed by atoms with Gasteiger partial charge in [-0.05, 0) is 14.0 Å². The monoisotopic (exact) mass is 159 g/mol. The van der Waals surface area contributed by atoms with Crippen molar-refractivity contribution in [1.29, 1.82) is 0 Å². The number of likely N-dealkylation sites (N-methyl/N-ethyl adjacent to an activating group) is 1. The first-order chi connectivity index (χ1) is 5.07. The Morgan fingerprint density at radius 1 is 1.73 bits per heavy atom. The Labute approximate surface area is 65.8 Å². The van der Waals surface area contributed by atoms with Crippen molar-refractivity contribution < 1.29 is 14.6 Å². The zero-order valence-corrected chi connectivity index (χ0v) is 6.83. The van der Waals surface area contributed by atoms with E-state index in [-0.39, 0.29) is 6.61 Å². The Morgan fingerprint density at radius 2 is 2.36 bits per heavy atom. The number of hydrogen-bond acceptors (Lipinski definition) is 3. The molecule has 4 heteroatoms. The molecule has 1 saturated heterocycles. The standard InChI is InChI=1S/C7H13NO3/c1-7(6(9)10)5-11-4-3-8(7)2/h3-5H2,1-2H3,(H,9,10)/t7-/m0/s1. The topological polar surface area (TPSA) is 49.8 Å². The molecule has 1 heterocycles. The molecular weight excluding hydrogens is 146 g/mol. The van der Waals surface area contributed by atoms with Gasteiger partial charge in [-0.1, -0.05) is 0 Å². The van der Waals surface area contributed by atoms with Crippen molar-refractivity contribution in [1.82, 2.24) is 4.90 Å². The lowest BCUT2D eigenvalue weighted by Crippen LogP contribution is -2.57. The van der Waals surface area contributed by atoms with Gasteiger partial charge in [-0.3, -0.25) is 9.69 Å². The van der Waals surface area contributed by atoms with Crippen LogP contribution in [-0.2, 0) is 9.53 Å². The van der Waals surface area contributed by atoms with Gasteiger partial charge >= 0.3 is 5.97 Å². The summed E-state index contributed by atoms with van der Waals surface area (Å²) in [5, 5.41) is 8.85. The van der Waals surface area contributed by atoms with Gasteiger partial charge in [0.1, 0.15) is 5.54 Å². The molecule has 64 valence electrons. The SMILES string of the molecule is CN1CCOC[C@@]1(C)C(=O)O. The largest absolute Gasteiger partial charge is 0.480 e. The van der Waals surface area contributed by atoms with Crippen molar-refractivity contribution in [3.63, 3.8) is 0 Å². The minimum Gasteiger partial charge on any atom is -0.480 e. The van der Waals surface area contributed by atoms with Crippen molar-refractivity contribution in [2.45, 2.75) is 12.5 Å². The highest BCUT2D eigenvalue weighted by atomic mass is 16.5. The second kappa shape index (κ2) is 2.79. The number of nitrogens with zero attached hydrogens (tertiary/aromatic N) is 1. The summed E-state index contributed by atoms with van der Waals surface area (Å²) >= 11 is 0. The van der Waals surface area contributed by atoms with Crippen LogP contribution in [0.25, 0.3) is 0 Å². The van der Waals surface area contributed by atoms with Gasteiger partial charge in [-0.25, -0.2) is 0 Å². The molecule has 0 saturated carbocycles. The van der Waals surface area contributed by atoms with Crippen LogP contribution >= 0.6 is 0 Å². The van der Waals surface area contributed by atoms with E-state index in [0.29, 0.717) is 13.2 Å². The summed E-state index contributed by atoms with van der Waals surface area (Å²) in [7, 11) is 1.80. The van der Waals surface area contributed by atoms with E-state index in [1.165, 1.54) is 0 Å². The van der Waals surface area contributed by atoms with Crippen molar-refractivity contribution in [3.05, 3.63) is 0 Å².